The van der Waals surface area contributed by atoms with Gasteiger partial charge in [0, 0.05) is 49.7 Å². The van der Waals surface area contributed by atoms with E-state index < -0.39 is 29.2 Å². The van der Waals surface area contributed by atoms with E-state index in [1.165, 1.54) is 24.4 Å². The van der Waals surface area contributed by atoms with E-state index in [-0.39, 0.29) is 58.2 Å². The smallest absolute Gasteiger partial charge is 0.319 e. The molecule has 2 aromatic carbocycles. The molecule has 3 aliphatic rings. The maximum Gasteiger partial charge on any atom is 0.319 e. The van der Waals surface area contributed by atoms with Crippen molar-refractivity contribution in [2.75, 3.05) is 38.2 Å². The fraction of sp³-hybridized carbons (Fsp3) is 0.412. The minimum atomic E-state index is -1.10. The molecule has 3 saturated heterocycles. The first kappa shape index (κ1) is 30.3. The van der Waals surface area contributed by atoms with E-state index in [9.17, 15) is 13.6 Å². The Labute approximate surface area is 263 Å². The van der Waals surface area contributed by atoms with Gasteiger partial charge in [-0.25, -0.2) is 17.6 Å². The largest absolute Gasteiger partial charge is 0.461 e. The van der Waals surface area contributed by atoms with Crippen molar-refractivity contribution in [3.05, 3.63) is 66.6 Å². The number of hydrogen-bond acceptors (Lipinski definition) is 7. The lowest BCUT2D eigenvalue weighted by Crippen LogP contribution is -2.44. The Bertz CT molecular complexity index is 1870. The molecule has 4 aromatic rings. The SMILES string of the molecule is C=CC(=O)N1CC[C@@H](N(C)c2nc(OC[C@@]34CCCN3C[C@H](F)C4)nc3c(F)c(-c4cccc5ccc(F)c(F)c45)ncc23)[C@H]1C. The van der Waals surface area contributed by atoms with Crippen LogP contribution in [-0.4, -0.2) is 87.7 Å². The summed E-state index contributed by atoms with van der Waals surface area (Å²) in [5.41, 5.74) is -0.712. The van der Waals surface area contributed by atoms with Gasteiger partial charge in [-0.1, -0.05) is 30.8 Å². The molecule has 2 aromatic heterocycles. The first-order chi connectivity index (χ1) is 22.1. The summed E-state index contributed by atoms with van der Waals surface area (Å²) in [6.45, 7) is 7.32. The lowest BCUT2D eigenvalue weighted by Gasteiger charge is -2.32. The summed E-state index contributed by atoms with van der Waals surface area (Å²) in [4.78, 5) is 31.8. The highest BCUT2D eigenvalue weighted by Gasteiger charge is 2.49. The molecule has 0 radical (unpaired) electrons. The van der Waals surface area contributed by atoms with Crippen LogP contribution in [0.5, 0.6) is 6.01 Å². The van der Waals surface area contributed by atoms with Gasteiger partial charge in [-0.3, -0.25) is 14.7 Å². The number of nitrogens with zero attached hydrogens (tertiary/aromatic N) is 6. The highest BCUT2D eigenvalue weighted by atomic mass is 19.2. The fourth-order valence-electron chi connectivity index (χ4n) is 7.72. The quantitative estimate of drug-likeness (QED) is 0.187. The van der Waals surface area contributed by atoms with Crippen molar-refractivity contribution in [3.8, 4) is 17.3 Å². The van der Waals surface area contributed by atoms with Gasteiger partial charge in [-0.2, -0.15) is 9.97 Å². The number of hydrogen-bond donors (Lipinski definition) is 0. The molecule has 46 heavy (non-hydrogen) atoms. The highest BCUT2D eigenvalue weighted by molar-refractivity contribution is 5.99. The second kappa shape index (κ2) is 11.5. The Morgan fingerprint density at radius 3 is 2.80 bits per heavy atom. The number of aromatic nitrogens is 3. The molecule has 4 atom stereocenters. The van der Waals surface area contributed by atoms with Crippen LogP contribution >= 0.6 is 0 Å². The van der Waals surface area contributed by atoms with Gasteiger partial charge in [-0.15, -0.1) is 0 Å². The van der Waals surface area contributed by atoms with Crippen LogP contribution in [0, 0.1) is 17.5 Å². The Hall–Kier alpha value is -4.32. The van der Waals surface area contributed by atoms with Crippen molar-refractivity contribution in [2.45, 2.75) is 56.4 Å². The monoisotopic (exact) mass is 634 g/mol. The normalized spacial score (nSPS) is 24.6. The zero-order valence-electron chi connectivity index (χ0n) is 25.6. The molecule has 0 bridgehead atoms. The molecule has 0 unspecified atom stereocenters. The van der Waals surface area contributed by atoms with E-state index in [1.54, 1.807) is 17.0 Å². The lowest BCUT2D eigenvalue weighted by atomic mass is 9.95. The Morgan fingerprint density at radius 2 is 2.00 bits per heavy atom. The number of carbonyl (C=O) groups is 1. The standard InChI is InChI=1S/C34H34F4N6O2/c1-4-26(45)44-14-11-25(19(44)2)42(3)32-23-16-39-30(22-8-5-7-20-9-10-24(36)28(37)27(20)22)29(38)31(23)40-33(41-32)46-18-34-12-6-13-43(34)17-21(35)15-34/h4-5,7-10,16,19,21,25H,1,6,11-15,17-18H2,2-3H3/t19-,21-,25-,34+/m1/s1. The van der Waals surface area contributed by atoms with E-state index in [0.29, 0.717) is 37.1 Å². The molecular formula is C34H34F4N6O2. The van der Waals surface area contributed by atoms with Crippen molar-refractivity contribution in [1.29, 1.82) is 0 Å². The minimum absolute atomic E-state index is 0.0771. The van der Waals surface area contributed by atoms with Crippen LogP contribution in [0.25, 0.3) is 32.9 Å². The second-order valence-electron chi connectivity index (χ2n) is 12.6. The Morgan fingerprint density at radius 1 is 1.17 bits per heavy atom. The van der Waals surface area contributed by atoms with Crippen molar-refractivity contribution in [3.63, 3.8) is 0 Å². The average molecular weight is 635 g/mol. The predicted octanol–water partition coefficient (Wildman–Crippen LogP) is 5.83. The number of benzene rings is 2. The van der Waals surface area contributed by atoms with Gasteiger partial charge in [0.2, 0.25) is 5.91 Å². The number of rotatable bonds is 7. The average Bonchev–Trinajstić information content (AvgIpc) is 3.72. The molecule has 5 heterocycles. The zero-order chi connectivity index (χ0) is 32.3. The minimum Gasteiger partial charge on any atom is -0.461 e. The third-order valence-corrected chi connectivity index (χ3v) is 10.1. The Kier molecular flexibility index (Phi) is 7.57. The summed E-state index contributed by atoms with van der Waals surface area (Å²) in [6, 6.07) is 6.70. The number of pyridine rings is 1. The maximum absolute atomic E-state index is 16.6. The van der Waals surface area contributed by atoms with Crippen LogP contribution in [-0.2, 0) is 4.79 Å². The molecule has 0 saturated carbocycles. The van der Waals surface area contributed by atoms with Crippen molar-refractivity contribution >= 4 is 33.4 Å². The number of carbonyl (C=O) groups excluding carboxylic acids is 1. The summed E-state index contributed by atoms with van der Waals surface area (Å²) in [7, 11) is 1.81. The number of amides is 1. The van der Waals surface area contributed by atoms with Gasteiger partial charge in [0.15, 0.2) is 17.5 Å². The molecule has 3 aliphatic heterocycles. The molecule has 8 nitrogen and oxygen atoms in total. The lowest BCUT2D eigenvalue weighted by molar-refractivity contribution is -0.126. The van der Waals surface area contributed by atoms with E-state index in [4.69, 9.17) is 9.72 Å². The summed E-state index contributed by atoms with van der Waals surface area (Å²) in [5.74, 6) is -2.84. The summed E-state index contributed by atoms with van der Waals surface area (Å²) in [5, 5.41) is 0.584. The van der Waals surface area contributed by atoms with Crippen molar-refractivity contribution in [2.24, 2.45) is 0 Å². The molecular weight excluding hydrogens is 600 g/mol. The third-order valence-electron chi connectivity index (χ3n) is 10.1. The van der Waals surface area contributed by atoms with E-state index in [1.807, 2.05) is 18.9 Å². The van der Waals surface area contributed by atoms with Crippen LogP contribution in [0.4, 0.5) is 23.4 Å². The number of ether oxygens (including phenoxy) is 1. The van der Waals surface area contributed by atoms with Crippen LogP contribution < -0.4 is 9.64 Å². The molecule has 7 rings (SSSR count). The number of likely N-dealkylation sites (tertiary alicyclic amines) is 1. The first-order valence-corrected chi connectivity index (χ1v) is 15.5. The maximum atomic E-state index is 16.6. The number of halogens is 4. The van der Waals surface area contributed by atoms with Crippen LogP contribution in [0.15, 0.2) is 49.2 Å². The van der Waals surface area contributed by atoms with E-state index in [2.05, 4.69) is 21.4 Å². The highest BCUT2D eigenvalue weighted by Crippen LogP contribution is 2.41. The van der Waals surface area contributed by atoms with Crippen LogP contribution in [0.2, 0.25) is 0 Å². The van der Waals surface area contributed by atoms with Crippen LogP contribution in [0.3, 0.4) is 0 Å². The summed E-state index contributed by atoms with van der Waals surface area (Å²) in [6.07, 6.45) is 4.42. The van der Waals surface area contributed by atoms with Gasteiger partial charge < -0.3 is 14.5 Å². The van der Waals surface area contributed by atoms with E-state index >= 15 is 8.78 Å². The molecule has 0 N–H and O–H groups in total. The van der Waals surface area contributed by atoms with Crippen molar-refractivity contribution < 1.29 is 27.1 Å². The molecule has 12 heteroatoms. The van der Waals surface area contributed by atoms with Gasteiger partial charge in [-0.05, 0) is 50.3 Å². The molecule has 1 amide bonds. The third kappa shape index (κ3) is 4.85. The van der Waals surface area contributed by atoms with Crippen LogP contribution in [0.1, 0.15) is 32.6 Å². The van der Waals surface area contributed by atoms with Crippen molar-refractivity contribution in [1.82, 2.24) is 24.8 Å². The first-order valence-electron chi connectivity index (χ1n) is 15.5. The molecule has 3 fully saturated rings. The number of alkyl halides is 1. The number of likely N-dealkylation sites (N-methyl/N-ethyl adjacent to an activating group) is 1. The topological polar surface area (TPSA) is 74.7 Å². The van der Waals surface area contributed by atoms with Gasteiger partial charge in [0.25, 0.3) is 0 Å². The number of fused-ring (bicyclic) bond motifs is 3. The number of anilines is 1. The zero-order valence-corrected chi connectivity index (χ0v) is 25.6. The van der Waals surface area contributed by atoms with E-state index in [0.717, 1.165) is 25.5 Å². The Balaban J connectivity index is 1.34. The summed E-state index contributed by atoms with van der Waals surface area (Å²) < 4.78 is 66.7. The molecule has 240 valence electrons. The molecule has 0 aliphatic carbocycles. The molecule has 0 spiro atoms. The van der Waals surface area contributed by atoms with Gasteiger partial charge in [0.1, 0.15) is 29.8 Å². The van der Waals surface area contributed by atoms with Gasteiger partial charge >= 0.3 is 6.01 Å². The fourth-order valence-corrected chi connectivity index (χ4v) is 7.72. The predicted molar refractivity (Wildman–Crippen MR) is 167 cm³/mol. The second-order valence-corrected chi connectivity index (χ2v) is 12.6. The van der Waals surface area contributed by atoms with Gasteiger partial charge in [0.05, 0.1) is 17.0 Å². The summed E-state index contributed by atoms with van der Waals surface area (Å²) >= 11 is 0.